The highest BCUT2D eigenvalue weighted by molar-refractivity contribution is 7.17. The first-order chi connectivity index (χ1) is 13.3. The predicted octanol–water partition coefficient (Wildman–Crippen LogP) is 5.20. The van der Waals surface area contributed by atoms with Gasteiger partial charge in [0.1, 0.15) is 12.1 Å². The summed E-state index contributed by atoms with van der Waals surface area (Å²) in [6.07, 6.45) is 3.57. The highest BCUT2D eigenvalue weighted by atomic mass is 32.1. The molecule has 6 heteroatoms. The lowest BCUT2D eigenvalue weighted by molar-refractivity contribution is 0.865. The van der Waals surface area contributed by atoms with Gasteiger partial charge in [-0.15, -0.1) is 11.3 Å². The van der Waals surface area contributed by atoms with Crippen molar-refractivity contribution in [2.75, 3.05) is 5.32 Å². The van der Waals surface area contributed by atoms with E-state index >= 15 is 0 Å². The van der Waals surface area contributed by atoms with Crippen LogP contribution in [0.3, 0.4) is 0 Å². The van der Waals surface area contributed by atoms with E-state index in [0.717, 1.165) is 16.9 Å². The van der Waals surface area contributed by atoms with Gasteiger partial charge in [-0.3, -0.25) is 4.57 Å². The van der Waals surface area contributed by atoms with Crippen LogP contribution in [0.1, 0.15) is 18.5 Å². The third kappa shape index (κ3) is 2.84. The van der Waals surface area contributed by atoms with Crippen molar-refractivity contribution >= 4 is 38.4 Å². The Morgan fingerprint density at radius 1 is 1.00 bits per heavy atom. The Hall–Kier alpha value is -3.25. The smallest absolute Gasteiger partial charge is 0.225 e. The summed E-state index contributed by atoms with van der Waals surface area (Å²) in [4.78, 5) is 13.6. The molecule has 1 atom stereocenters. The Morgan fingerprint density at radius 3 is 2.81 bits per heavy atom. The van der Waals surface area contributed by atoms with Crippen molar-refractivity contribution in [3.8, 4) is 5.82 Å². The maximum Gasteiger partial charge on any atom is 0.225 e. The fourth-order valence-electron chi connectivity index (χ4n) is 3.30. The van der Waals surface area contributed by atoms with E-state index in [0.29, 0.717) is 5.95 Å². The first-order valence-corrected chi connectivity index (χ1v) is 9.66. The lowest BCUT2D eigenvalue weighted by Crippen LogP contribution is -2.10. The number of aromatic nitrogens is 4. The zero-order valence-corrected chi connectivity index (χ0v) is 15.5. The number of fused-ring (bicyclic) bond motifs is 2. The van der Waals surface area contributed by atoms with Crippen molar-refractivity contribution in [3.63, 3.8) is 0 Å². The highest BCUT2D eigenvalue weighted by Gasteiger charge is 2.13. The lowest BCUT2D eigenvalue weighted by atomic mass is 10.1. The van der Waals surface area contributed by atoms with Gasteiger partial charge in [-0.25, -0.2) is 9.97 Å². The van der Waals surface area contributed by atoms with Gasteiger partial charge in [0, 0.05) is 10.9 Å². The maximum absolute atomic E-state index is 4.70. The summed E-state index contributed by atoms with van der Waals surface area (Å²) in [7, 11) is 0. The van der Waals surface area contributed by atoms with Crippen LogP contribution in [-0.4, -0.2) is 19.5 Å². The summed E-state index contributed by atoms with van der Waals surface area (Å²) >= 11 is 1.76. The third-order valence-corrected chi connectivity index (χ3v) is 5.65. The molecule has 1 N–H and O–H groups in total. The van der Waals surface area contributed by atoms with E-state index in [2.05, 4.69) is 51.9 Å². The van der Waals surface area contributed by atoms with E-state index in [9.17, 15) is 0 Å². The van der Waals surface area contributed by atoms with Crippen LogP contribution in [0.5, 0.6) is 0 Å². The number of benzene rings is 2. The molecular formula is C21H17N5S. The van der Waals surface area contributed by atoms with Gasteiger partial charge in [-0.05, 0) is 47.5 Å². The van der Waals surface area contributed by atoms with Gasteiger partial charge < -0.3 is 5.32 Å². The third-order valence-electron chi connectivity index (χ3n) is 4.66. The fourth-order valence-corrected chi connectivity index (χ4v) is 4.35. The van der Waals surface area contributed by atoms with E-state index in [1.165, 1.54) is 15.6 Å². The first kappa shape index (κ1) is 16.0. The minimum atomic E-state index is 0.107. The number of hydrogen-bond acceptors (Lipinski definition) is 5. The van der Waals surface area contributed by atoms with E-state index in [1.807, 2.05) is 34.9 Å². The van der Waals surface area contributed by atoms with Gasteiger partial charge in [-0.2, -0.15) is 4.98 Å². The van der Waals surface area contributed by atoms with E-state index in [1.54, 1.807) is 23.9 Å². The molecule has 3 heterocycles. The van der Waals surface area contributed by atoms with Crippen LogP contribution in [0.15, 0.2) is 72.5 Å². The maximum atomic E-state index is 4.70. The first-order valence-electron chi connectivity index (χ1n) is 8.78. The number of hydrogen-bond donors (Lipinski definition) is 1. The molecule has 0 radical (unpaired) electrons. The van der Waals surface area contributed by atoms with Crippen molar-refractivity contribution in [2.24, 2.45) is 0 Å². The number of nitrogens with one attached hydrogen (secondary N) is 1. The van der Waals surface area contributed by atoms with Gasteiger partial charge >= 0.3 is 0 Å². The molecule has 0 aliphatic rings. The molecule has 5 aromatic rings. The monoisotopic (exact) mass is 371 g/mol. The summed E-state index contributed by atoms with van der Waals surface area (Å²) in [6, 6.07) is 18.5. The number of rotatable bonds is 4. The summed E-state index contributed by atoms with van der Waals surface area (Å²) < 4.78 is 3.27. The molecule has 0 saturated carbocycles. The number of para-hydroxylation sites is 2. The Bertz CT molecular complexity index is 1240. The average Bonchev–Trinajstić information content (AvgIpc) is 3.32. The minimum Gasteiger partial charge on any atom is -0.348 e. The molecule has 0 saturated heterocycles. The Morgan fingerprint density at radius 2 is 1.85 bits per heavy atom. The molecule has 0 spiro atoms. The number of anilines is 1. The Labute approximate surface area is 160 Å². The summed E-state index contributed by atoms with van der Waals surface area (Å²) in [5.41, 5.74) is 3.24. The van der Waals surface area contributed by atoms with Crippen molar-refractivity contribution in [1.82, 2.24) is 19.5 Å². The molecule has 0 amide bonds. The number of imidazole rings is 1. The molecule has 132 valence electrons. The summed E-state index contributed by atoms with van der Waals surface area (Å²) in [5.74, 6) is 1.40. The second-order valence-corrected chi connectivity index (χ2v) is 7.31. The minimum absolute atomic E-state index is 0.107. The van der Waals surface area contributed by atoms with Crippen molar-refractivity contribution in [1.29, 1.82) is 0 Å². The second-order valence-electron chi connectivity index (χ2n) is 6.39. The van der Waals surface area contributed by atoms with Gasteiger partial charge in [-0.1, -0.05) is 30.3 Å². The zero-order chi connectivity index (χ0) is 18.2. The number of thiophene rings is 1. The van der Waals surface area contributed by atoms with Crippen molar-refractivity contribution in [2.45, 2.75) is 13.0 Å². The van der Waals surface area contributed by atoms with Gasteiger partial charge in [0.2, 0.25) is 5.95 Å². The van der Waals surface area contributed by atoms with Crippen LogP contribution in [0, 0.1) is 0 Å². The largest absolute Gasteiger partial charge is 0.348 e. The molecule has 3 aromatic heterocycles. The Balaban J connectivity index is 1.47. The molecule has 1 unspecified atom stereocenters. The van der Waals surface area contributed by atoms with Crippen LogP contribution in [-0.2, 0) is 0 Å². The highest BCUT2D eigenvalue weighted by Crippen LogP contribution is 2.31. The van der Waals surface area contributed by atoms with Crippen LogP contribution < -0.4 is 5.32 Å². The van der Waals surface area contributed by atoms with Gasteiger partial charge in [0.25, 0.3) is 0 Å². The SMILES string of the molecule is CC(Nc1nccc(-n2cnc3ccccc32)n1)c1csc2ccccc12. The standard InChI is InChI=1S/C21H17N5S/c1-14(16-12-27-19-9-5-2-6-15(16)19)24-21-22-11-10-20(25-21)26-13-23-17-7-3-4-8-18(17)26/h2-14H,1H3,(H,22,24,25). The molecule has 0 fully saturated rings. The fraction of sp³-hybridized carbons (Fsp3) is 0.0952. The van der Waals surface area contributed by atoms with Crippen LogP contribution in [0.2, 0.25) is 0 Å². The molecular weight excluding hydrogens is 354 g/mol. The van der Waals surface area contributed by atoms with E-state index in [-0.39, 0.29) is 6.04 Å². The van der Waals surface area contributed by atoms with Crippen molar-refractivity contribution in [3.05, 3.63) is 78.1 Å². The normalized spacial score (nSPS) is 12.5. The van der Waals surface area contributed by atoms with Crippen molar-refractivity contribution < 1.29 is 0 Å². The van der Waals surface area contributed by atoms with Crippen LogP contribution >= 0.6 is 11.3 Å². The van der Waals surface area contributed by atoms with Gasteiger partial charge in [0.15, 0.2) is 0 Å². The van der Waals surface area contributed by atoms with E-state index < -0.39 is 0 Å². The summed E-state index contributed by atoms with van der Waals surface area (Å²) in [5, 5.41) is 6.92. The summed E-state index contributed by atoms with van der Waals surface area (Å²) in [6.45, 7) is 2.14. The van der Waals surface area contributed by atoms with Crippen LogP contribution in [0.25, 0.3) is 26.9 Å². The molecule has 0 aliphatic carbocycles. The molecule has 0 aliphatic heterocycles. The number of nitrogens with zero attached hydrogens (tertiary/aromatic N) is 4. The lowest BCUT2D eigenvalue weighted by Gasteiger charge is -2.14. The second kappa shape index (κ2) is 6.48. The zero-order valence-electron chi connectivity index (χ0n) is 14.7. The average molecular weight is 371 g/mol. The predicted molar refractivity (Wildman–Crippen MR) is 111 cm³/mol. The molecule has 2 aromatic carbocycles. The quantitative estimate of drug-likeness (QED) is 0.471. The van der Waals surface area contributed by atoms with E-state index in [4.69, 9.17) is 4.98 Å². The topological polar surface area (TPSA) is 55.6 Å². The molecule has 27 heavy (non-hydrogen) atoms. The Kier molecular flexibility index (Phi) is 3.83. The van der Waals surface area contributed by atoms with Gasteiger partial charge in [0.05, 0.1) is 17.1 Å². The molecule has 5 nitrogen and oxygen atoms in total. The van der Waals surface area contributed by atoms with Crippen LogP contribution in [0.4, 0.5) is 5.95 Å². The molecule has 5 rings (SSSR count). The molecule has 0 bridgehead atoms.